The van der Waals surface area contributed by atoms with Gasteiger partial charge in [-0.3, -0.25) is 0 Å². The van der Waals surface area contributed by atoms with Crippen LogP contribution in [-0.4, -0.2) is 23.3 Å². The van der Waals surface area contributed by atoms with Gasteiger partial charge in [0.2, 0.25) is 0 Å². The Labute approximate surface area is 176 Å². The highest BCUT2D eigenvalue weighted by Crippen LogP contribution is 2.26. The van der Waals surface area contributed by atoms with E-state index in [0.29, 0.717) is 19.8 Å². The second-order valence-electron chi connectivity index (χ2n) is 6.95. The summed E-state index contributed by atoms with van der Waals surface area (Å²) in [7, 11) is 1.65. The second kappa shape index (κ2) is 9.35. The zero-order chi connectivity index (χ0) is 20.8. The predicted molar refractivity (Wildman–Crippen MR) is 118 cm³/mol. The molecule has 4 rings (SSSR count). The molecule has 5 heteroatoms. The van der Waals surface area contributed by atoms with E-state index in [1.165, 1.54) is 5.56 Å². The van der Waals surface area contributed by atoms with Gasteiger partial charge >= 0.3 is 0 Å². The molecule has 0 aliphatic heterocycles. The summed E-state index contributed by atoms with van der Waals surface area (Å²) in [4.78, 5) is 4.78. The van der Waals surface area contributed by atoms with Crippen molar-refractivity contribution in [3.8, 4) is 17.2 Å². The fourth-order valence-electron chi connectivity index (χ4n) is 3.44. The predicted octanol–water partition coefficient (Wildman–Crippen LogP) is 5.27. The van der Waals surface area contributed by atoms with E-state index in [2.05, 4.69) is 29.7 Å². The van der Waals surface area contributed by atoms with E-state index < -0.39 is 0 Å². The summed E-state index contributed by atoms with van der Waals surface area (Å²) in [6.45, 7) is 3.70. The van der Waals surface area contributed by atoms with Crippen LogP contribution in [0.15, 0.2) is 72.8 Å². The van der Waals surface area contributed by atoms with Crippen LogP contribution in [0, 0.1) is 0 Å². The van der Waals surface area contributed by atoms with Crippen molar-refractivity contribution in [2.24, 2.45) is 0 Å². The van der Waals surface area contributed by atoms with Gasteiger partial charge in [-0.05, 0) is 48.4 Å². The van der Waals surface area contributed by atoms with Gasteiger partial charge in [0.15, 0.2) is 11.5 Å². The molecular weight excluding hydrogens is 376 g/mol. The number of hydrogen-bond acceptors (Lipinski definition) is 4. The first kappa shape index (κ1) is 19.8. The highest BCUT2D eigenvalue weighted by molar-refractivity contribution is 5.75. The quantitative estimate of drug-likeness (QED) is 0.383. The Morgan fingerprint density at radius 1 is 0.833 bits per heavy atom. The Balaban J connectivity index is 1.49. The third kappa shape index (κ3) is 4.40. The van der Waals surface area contributed by atoms with Crippen LogP contribution in [0.3, 0.4) is 0 Å². The summed E-state index contributed by atoms with van der Waals surface area (Å²) in [5, 5.41) is 0. The molecule has 0 N–H and O–H groups in total. The molecule has 1 aromatic heterocycles. The van der Waals surface area contributed by atoms with Crippen LogP contribution in [0.5, 0.6) is 17.2 Å². The molecule has 0 bridgehead atoms. The lowest BCUT2D eigenvalue weighted by molar-refractivity contribution is 0.264. The normalized spacial score (nSPS) is 10.9. The van der Waals surface area contributed by atoms with E-state index in [4.69, 9.17) is 19.2 Å². The minimum Gasteiger partial charge on any atom is -0.493 e. The number of aryl methyl sites for hydroxylation is 1. The average Bonchev–Trinajstić information content (AvgIpc) is 3.16. The topological polar surface area (TPSA) is 45.5 Å². The molecule has 30 heavy (non-hydrogen) atoms. The van der Waals surface area contributed by atoms with Crippen LogP contribution in [0.25, 0.3) is 11.0 Å². The van der Waals surface area contributed by atoms with Crippen molar-refractivity contribution in [1.29, 1.82) is 0 Å². The first-order valence-corrected chi connectivity index (χ1v) is 10.2. The molecule has 5 nitrogen and oxygen atoms in total. The summed E-state index contributed by atoms with van der Waals surface area (Å²) in [6, 6.07) is 24.0. The number of aromatic nitrogens is 2. The molecule has 0 spiro atoms. The number of methoxy groups -OCH3 is 1. The molecule has 0 saturated carbocycles. The van der Waals surface area contributed by atoms with Gasteiger partial charge in [0.05, 0.1) is 24.7 Å². The van der Waals surface area contributed by atoms with Gasteiger partial charge in [-0.1, -0.05) is 43.3 Å². The van der Waals surface area contributed by atoms with Crippen LogP contribution >= 0.6 is 0 Å². The molecule has 0 radical (unpaired) electrons. The number of benzene rings is 3. The van der Waals surface area contributed by atoms with E-state index >= 15 is 0 Å². The third-order valence-electron chi connectivity index (χ3n) is 5.07. The molecule has 0 amide bonds. The number of ether oxygens (including phenoxy) is 3. The van der Waals surface area contributed by atoms with Crippen molar-refractivity contribution in [2.45, 2.75) is 26.5 Å². The van der Waals surface area contributed by atoms with Gasteiger partial charge in [0.1, 0.15) is 24.8 Å². The Morgan fingerprint density at radius 3 is 2.33 bits per heavy atom. The molecule has 0 unspecified atom stereocenters. The van der Waals surface area contributed by atoms with E-state index in [1.54, 1.807) is 7.11 Å². The standard InChI is InChI=1S/C25H26N2O3/c1-3-19-12-14-20(15-13-19)30-18-25-26-21-8-4-5-9-22(21)27(25)16-17-29-24-11-7-6-10-23(24)28-2/h4-15H,3,16-18H2,1-2H3. The number of rotatable bonds is 9. The van der Waals surface area contributed by atoms with Gasteiger partial charge in [-0.25, -0.2) is 4.98 Å². The summed E-state index contributed by atoms with van der Waals surface area (Å²) >= 11 is 0. The molecule has 0 fully saturated rings. The largest absolute Gasteiger partial charge is 0.493 e. The van der Waals surface area contributed by atoms with Crippen molar-refractivity contribution in [1.82, 2.24) is 9.55 Å². The first-order chi connectivity index (χ1) is 14.8. The molecular formula is C25H26N2O3. The van der Waals surface area contributed by atoms with Gasteiger partial charge in [0, 0.05) is 0 Å². The molecule has 3 aromatic carbocycles. The molecule has 0 aliphatic rings. The number of hydrogen-bond donors (Lipinski definition) is 0. The monoisotopic (exact) mass is 402 g/mol. The van der Waals surface area contributed by atoms with Crippen LogP contribution in [0.2, 0.25) is 0 Å². The fraction of sp³-hybridized carbons (Fsp3) is 0.240. The molecule has 4 aromatic rings. The van der Waals surface area contributed by atoms with Gasteiger partial charge in [-0.2, -0.15) is 0 Å². The Kier molecular flexibility index (Phi) is 6.18. The maximum atomic E-state index is 6.02. The van der Waals surface area contributed by atoms with Crippen molar-refractivity contribution >= 4 is 11.0 Å². The number of nitrogens with zero attached hydrogens (tertiary/aromatic N) is 2. The zero-order valence-electron chi connectivity index (χ0n) is 17.4. The van der Waals surface area contributed by atoms with Crippen molar-refractivity contribution in [3.05, 3.63) is 84.2 Å². The lowest BCUT2D eigenvalue weighted by atomic mass is 10.2. The first-order valence-electron chi connectivity index (χ1n) is 10.2. The van der Waals surface area contributed by atoms with Crippen molar-refractivity contribution < 1.29 is 14.2 Å². The number of imidazole rings is 1. The second-order valence-corrected chi connectivity index (χ2v) is 6.95. The van der Waals surface area contributed by atoms with Gasteiger partial charge in [-0.15, -0.1) is 0 Å². The van der Waals surface area contributed by atoms with Crippen molar-refractivity contribution in [2.75, 3.05) is 13.7 Å². The Hall–Kier alpha value is -3.47. The number of fused-ring (bicyclic) bond motifs is 1. The maximum absolute atomic E-state index is 6.02. The smallest absolute Gasteiger partial charge is 0.161 e. The summed E-state index contributed by atoms with van der Waals surface area (Å²) in [6.07, 6.45) is 1.02. The molecule has 0 saturated heterocycles. The Bertz CT molecular complexity index is 1100. The van der Waals surface area contributed by atoms with E-state index in [1.807, 2.05) is 54.6 Å². The SMILES string of the molecule is CCc1ccc(OCc2nc3ccccc3n2CCOc2ccccc2OC)cc1. The third-order valence-corrected chi connectivity index (χ3v) is 5.07. The van der Waals surface area contributed by atoms with Gasteiger partial charge < -0.3 is 18.8 Å². The molecule has 0 atom stereocenters. The molecule has 1 heterocycles. The van der Waals surface area contributed by atoms with Crippen LogP contribution in [-0.2, 0) is 19.6 Å². The summed E-state index contributed by atoms with van der Waals surface area (Å²) in [5.41, 5.74) is 3.32. The zero-order valence-corrected chi connectivity index (χ0v) is 17.4. The van der Waals surface area contributed by atoms with Crippen LogP contribution < -0.4 is 14.2 Å². The maximum Gasteiger partial charge on any atom is 0.161 e. The Morgan fingerprint density at radius 2 is 1.57 bits per heavy atom. The minimum atomic E-state index is 0.398. The summed E-state index contributed by atoms with van der Waals surface area (Å²) < 4.78 is 19.5. The van der Waals surface area contributed by atoms with E-state index in [-0.39, 0.29) is 0 Å². The van der Waals surface area contributed by atoms with E-state index in [9.17, 15) is 0 Å². The fourth-order valence-corrected chi connectivity index (χ4v) is 3.44. The highest BCUT2D eigenvalue weighted by Gasteiger charge is 2.12. The highest BCUT2D eigenvalue weighted by atomic mass is 16.5. The summed E-state index contributed by atoms with van der Waals surface area (Å²) in [5.74, 6) is 3.18. The van der Waals surface area contributed by atoms with E-state index in [0.717, 1.165) is 40.5 Å². The molecule has 0 aliphatic carbocycles. The van der Waals surface area contributed by atoms with Gasteiger partial charge in [0.25, 0.3) is 0 Å². The average molecular weight is 402 g/mol. The lowest BCUT2D eigenvalue weighted by Crippen LogP contribution is -2.13. The van der Waals surface area contributed by atoms with Crippen LogP contribution in [0.1, 0.15) is 18.3 Å². The minimum absolute atomic E-state index is 0.398. The lowest BCUT2D eigenvalue weighted by Gasteiger charge is -2.13. The van der Waals surface area contributed by atoms with Crippen LogP contribution in [0.4, 0.5) is 0 Å². The molecule has 154 valence electrons. The van der Waals surface area contributed by atoms with Crippen molar-refractivity contribution in [3.63, 3.8) is 0 Å². The number of para-hydroxylation sites is 4.